The summed E-state index contributed by atoms with van der Waals surface area (Å²) in [6.07, 6.45) is 0.398. The Balaban J connectivity index is 2.10. The second-order valence-corrected chi connectivity index (χ2v) is 7.72. The van der Waals surface area contributed by atoms with Crippen LogP contribution in [0.5, 0.6) is 0 Å². The molecule has 5 nitrogen and oxygen atoms in total. The van der Waals surface area contributed by atoms with E-state index < -0.39 is 21.5 Å². The third-order valence-corrected chi connectivity index (χ3v) is 6.43. The first-order chi connectivity index (χ1) is 11.4. The number of hydrogen-bond acceptors (Lipinski definition) is 4. The van der Waals surface area contributed by atoms with E-state index in [0.717, 1.165) is 5.56 Å². The average Bonchev–Trinajstić information content (AvgIpc) is 2.55. The molecule has 0 N–H and O–H groups in total. The standard InChI is InChI=1S/C18H19NO4S/c1-14-8-10-16(11-9-14)24(21,22)19-13-12-18(19,17(20)23-2)15-6-4-3-5-7-15/h3-11H,12-13H2,1-2H3/t18-/m0/s1. The van der Waals surface area contributed by atoms with Crippen molar-refractivity contribution in [2.75, 3.05) is 13.7 Å². The fourth-order valence-electron chi connectivity index (χ4n) is 3.08. The van der Waals surface area contributed by atoms with Crippen molar-refractivity contribution in [2.24, 2.45) is 0 Å². The molecule has 0 saturated carbocycles. The molecule has 2 aromatic rings. The summed E-state index contributed by atoms with van der Waals surface area (Å²) < 4.78 is 32.3. The zero-order valence-electron chi connectivity index (χ0n) is 13.6. The molecule has 1 aliphatic heterocycles. The Morgan fingerprint density at radius 2 is 1.71 bits per heavy atom. The first-order valence-electron chi connectivity index (χ1n) is 7.66. The number of sulfonamides is 1. The Morgan fingerprint density at radius 3 is 2.21 bits per heavy atom. The van der Waals surface area contributed by atoms with Gasteiger partial charge in [-0.3, -0.25) is 0 Å². The van der Waals surface area contributed by atoms with Crippen LogP contribution in [0.4, 0.5) is 0 Å². The van der Waals surface area contributed by atoms with Crippen LogP contribution < -0.4 is 0 Å². The molecule has 0 bridgehead atoms. The number of carbonyl (C=O) groups is 1. The maximum Gasteiger partial charge on any atom is 0.332 e. The van der Waals surface area contributed by atoms with Crippen LogP contribution in [-0.2, 0) is 25.1 Å². The fraction of sp³-hybridized carbons (Fsp3) is 0.278. The van der Waals surface area contributed by atoms with Gasteiger partial charge in [-0.2, -0.15) is 4.31 Å². The van der Waals surface area contributed by atoms with Crippen molar-refractivity contribution < 1.29 is 17.9 Å². The highest BCUT2D eigenvalue weighted by Gasteiger charge is 2.58. The third-order valence-electron chi connectivity index (χ3n) is 4.49. The molecule has 3 rings (SSSR count). The number of hydrogen-bond donors (Lipinski definition) is 0. The Bertz CT molecular complexity index is 846. The van der Waals surface area contributed by atoms with Gasteiger partial charge in [-0.15, -0.1) is 0 Å². The van der Waals surface area contributed by atoms with Gasteiger partial charge in [0.25, 0.3) is 0 Å². The Morgan fingerprint density at radius 1 is 1.08 bits per heavy atom. The van der Waals surface area contributed by atoms with Crippen LogP contribution in [-0.4, -0.2) is 32.3 Å². The van der Waals surface area contributed by atoms with Crippen molar-refractivity contribution in [1.82, 2.24) is 4.31 Å². The molecule has 0 aromatic heterocycles. The van der Waals surface area contributed by atoms with Gasteiger partial charge in [0.2, 0.25) is 10.0 Å². The van der Waals surface area contributed by atoms with Crippen LogP contribution >= 0.6 is 0 Å². The van der Waals surface area contributed by atoms with Gasteiger partial charge in [0.05, 0.1) is 12.0 Å². The molecule has 6 heteroatoms. The first-order valence-corrected chi connectivity index (χ1v) is 9.10. The quantitative estimate of drug-likeness (QED) is 0.799. The highest BCUT2D eigenvalue weighted by Crippen LogP contribution is 2.45. The number of nitrogens with zero attached hydrogens (tertiary/aromatic N) is 1. The monoisotopic (exact) mass is 345 g/mol. The first kappa shape index (κ1) is 16.7. The molecule has 1 saturated heterocycles. The maximum atomic E-state index is 13.1. The molecule has 1 aliphatic rings. The van der Waals surface area contributed by atoms with E-state index in [1.165, 1.54) is 11.4 Å². The van der Waals surface area contributed by atoms with Crippen molar-refractivity contribution in [3.8, 4) is 0 Å². The largest absolute Gasteiger partial charge is 0.467 e. The highest BCUT2D eigenvalue weighted by molar-refractivity contribution is 7.89. The molecule has 0 radical (unpaired) electrons. The zero-order valence-corrected chi connectivity index (χ0v) is 14.4. The minimum Gasteiger partial charge on any atom is -0.467 e. The Hall–Kier alpha value is -2.18. The molecule has 24 heavy (non-hydrogen) atoms. The topological polar surface area (TPSA) is 63.7 Å². The van der Waals surface area contributed by atoms with Crippen molar-refractivity contribution in [3.63, 3.8) is 0 Å². The highest BCUT2D eigenvalue weighted by atomic mass is 32.2. The molecular weight excluding hydrogens is 326 g/mol. The van der Waals surface area contributed by atoms with E-state index in [9.17, 15) is 13.2 Å². The van der Waals surface area contributed by atoms with E-state index in [4.69, 9.17) is 4.74 Å². The van der Waals surface area contributed by atoms with Gasteiger partial charge in [-0.1, -0.05) is 48.0 Å². The molecule has 0 spiro atoms. The second kappa shape index (κ2) is 6.03. The summed E-state index contributed by atoms with van der Waals surface area (Å²) in [6.45, 7) is 2.17. The van der Waals surface area contributed by atoms with E-state index in [-0.39, 0.29) is 11.4 Å². The molecule has 2 aromatic carbocycles. The number of aryl methyl sites for hydroxylation is 1. The molecule has 0 amide bonds. The maximum absolute atomic E-state index is 13.1. The summed E-state index contributed by atoms with van der Waals surface area (Å²) >= 11 is 0. The lowest BCUT2D eigenvalue weighted by Crippen LogP contribution is -2.64. The normalized spacial score (nSPS) is 21.1. The summed E-state index contributed by atoms with van der Waals surface area (Å²) in [7, 11) is -2.52. The van der Waals surface area contributed by atoms with Crippen LogP contribution in [0.15, 0.2) is 59.5 Å². The van der Waals surface area contributed by atoms with Crippen LogP contribution in [0.1, 0.15) is 17.5 Å². The summed E-state index contributed by atoms with van der Waals surface area (Å²) in [4.78, 5) is 12.7. The zero-order chi connectivity index (χ0) is 17.4. The van der Waals surface area contributed by atoms with E-state index in [1.807, 2.05) is 13.0 Å². The summed E-state index contributed by atoms with van der Waals surface area (Å²) in [5, 5.41) is 0. The number of carbonyl (C=O) groups excluding carboxylic acids is 1. The molecule has 1 heterocycles. The van der Waals surface area contributed by atoms with Crippen molar-refractivity contribution in [1.29, 1.82) is 0 Å². The summed E-state index contributed by atoms with van der Waals surface area (Å²) in [6, 6.07) is 15.5. The average molecular weight is 345 g/mol. The lowest BCUT2D eigenvalue weighted by molar-refractivity contribution is -0.159. The molecule has 0 unspecified atom stereocenters. The van der Waals surface area contributed by atoms with Gasteiger partial charge in [0.1, 0.15) is 0 Å². The number of ether oxygens (including phenoxy) is 1. The lowest BCUT2D eigenvalue weighted by atomic mass is 9.81. The van der Waals surface area contributed by atoms with Gasteiger partial charge in [0.15, 0.2) is 5.54 Å². The van der Waals surface area contributed by atoms with Gasteiger partial charge in [-0.05, 0) is 31.0 Å². The van der Waals surface area contributed by atoms with Crippen LogP contribution in [0.2, 0.25) is 0 Å². The van der Waals surface area contributed by atoms with Crippen molar-refractivity contribution in [3.05, 3.63) is 65.7 Å². The Labute approximate surface area is 141 Å². The summed E-state index contributed by atoms with van der Waals surface area (Å²) in [5.74, 6) is -0.560. The van der Waals surface area contributed by atoms with Crippen LogP contribution in [0, 0.1) is 6.92 Å². The van der Waals surface area contributed by atoms with E-state index in [2.05, 4.69) is 0 Å². The smallest absolute Gasteiger partial charge is 0.332 e. The van der Waals surface area contributed by atoms with Gasteiger partial charge in [-0.25, -0.2) is 13.2 Å². The fourth-order valence-corrected chi connectivity index (χ4v) is 4.83. The number of benzene rings is 2. The predicted octanol–water partition coefficient (Wildman–Crippen LogP) is 2.46. The molecule has 126 valence electrons. The van der Waals surface area contributed by atoms with Crippen LogP contribution in [0.3, 0.4) is 0 Å². The van der Waals surface area contributed by atoms with Gasteiger partial charge < -0.3 is 4.74 Å². The predicted molar refractivity (Wildman–Crippen MR) is 89.8 cm³/mol. The molecule has 1 fully saturated rings. The second-order valence-electron chi connectivity index (χ2n) is 5.86. The van der Waals surface area contributed by atoms with Gasteiger partial charge >= 0.3 is 5.97 Å². The van der Waals surface area contributed by atoms with Crippen LogP contribution in [0.25, 0.3) is 0 Å². The molecule has 0 aliphatic carbocycles. The Kier molecular flexibility index (Phi) is 4.19. The number of methoxy groups -OCH3 is 1. The third kappa shape index (κ3) is 2.42. The van der Waals surface area contributed by atoms with Crippen molar-refractivity contribution >= 4 is 16.0 Å². The van der Waals surface area contributed by atoms with E-state index in [1.54, 1.807) is 48.5 Å². The minimum absolute atomic E-state index is 0.178. The summed E-state index contributed by atoms with van der Waals surface area (Å²) in [5.41, 5.74) is 0.304. The molecular formula is C18H19NO4S. The molecule has 1 atom stereocenters. The number of esters is 1. The van der Waals surface area contributed by atoms with Crippen molar-refractivity contribution in [2.45, 2.75) is 23.8 Å². The van der Waals surface area contributed by atoms with E-state index >= 15 is 0 Å². The SMILES string of the molecule is COC(=O)[C@@]1(c2ccccc2)CCN1S(=O)(=O)c1ccc(C)cc1. The number of rotatable bonds is 4. The van der Waals surface area contributed by atoms with Gasteiger partial charge in [0, 0.05) is 6.54 Å². The minimum atomic E-state index is -3.80. The van der Waals surface area contributed by atoms with E-state index in [0.29, 0.717) is 12.0 Å². The lowest BCUT2D eigenvalue weighted by Gasteiger charge is -2.49.